The van der Waals surface area contributed by atoms with Crippen molar-refractivity contribution in [1.82, 2.24) is 24.8 Å². The number of nitriles is 1. The lowest BCUT2D eigenvalue weighted by Gasteiger charge is -2.34. The molecule has 1 saturated heterocycles. The number of hydrogen-bond acceptors (Lipinski definition) is 5. The second-order valence-corrected chi connectivity index (χ2v) is 5.96. The van der Waals surface area contributed by atoms with E-state index < -0.39 is 0 Å². The number of likely N-dealkylation sites (tertiary alicyclic amines) is 1. The molecule has 1 aromatic carbocycles. The summed E-state index contributed by atoms with van der Waals surface area (Å²) in [5.74, 6) is -0.287. The van der Waals surface area contributed by atoms with E-state index in [1.54, 1.807) is 11.1 Å². The van der Waals surface area contributed by atoms with Gasteiger partial charge < -0.3 is 14.9 Å². The third-order valence-corrected chi connectivity index (χ3v) is 4.55. The molecule has 0 bridgehead atoms. The first kappa shape index (κ1) is 13.0. The second kappa shape index (κ2) is 4.29. The van der Waals surface area contributed by atoms with Gasteiger partial charge in [0.15, 0.2) is 5.82 Å². The molecule has 8 heteroatoms. The number of nitrogens with one attached hydrogen (secondary N) is 2. The van der Waals surface area contributed by atoms with Gasteiger partial charge in [-0.1, -0.05) is 0 Å². The van der Waals surface area contributed by atoms with Gasteiger partial charge in [0.25, 0.3) is 5.91 Å². The van der Waals surface area contributed by atoms with Crippen LogP contribution in [-0.2, 0) is 0 Å². The van der Waals surface area contributed by atoms with E-state index in [-0.39, 0.29) is 23.1 Å². The molecule has 5 rings (SSSR count). The van der Waals surface area contributed by atoms with Crippen molar-refractivity contribution in [3.05, 3.63) is 34.5 Å². The normalized spacial score (nSPS) is 15.2. The Kier molecular flexibility index (Phi) is 2.33. The lowest BCUT2D eigenvalue weighted by atomic mass is 10.0. The summed E-state index contributed by atoms with van der Waals surface area (Å²) >= 11 is 0. The Labute approximate surface area is 134 Å². The summed E-state index contributed by atoms with van der Waals surface area (Å²) < 4.78 is 0. The van der Waals surface area contributed by atoms with Crippen LogP contribution in [0.1, 0.15) is 10.6 Å². The van der Waals surface area contributed by atoms with Gasteiger partial charge in [0.2, 0.25) is 5.43 Å². The molecule has 0 atom stereocenters. The number of pyridine rings is 1. The molecule has 0 radical (unpaired) electrons. The van der Waals surface area contributed by atoms with Crippen molar-refractivity contribution in [2.75, 3.05) is 13.1 Å². The molecule has 2 N–H and O–H groups in total. The van der Waals surface area contributed by atoms with Gasteiger partial charge in [-0.15, -0.1) is 0 Å². The van der Waals surface area contributed by atoms with E-state index in [2.05, 4.69) is 26.0 Å². The van der Waals surface area contributed by atoms with E-state index in [1.165, 1.54) is 6.20 Å². The zero-order valence-corrected chi connectivity index (χ0v) is 12.3. The molecular formula is C16H10N6O2. The Morgan fingerprint density at radius 3 is 3.00 bits per heavy atom. The maximum absolute atomic E-state index is 12.7. The number of carbonyl (C=O) groups excluding carboxylic acids is 1. The predicted octanol–water partition coefficient (Wildman–Crippen LogP) is 0.986. The van der Waals surface area contributed by atoms with E-state index in [1.807, 2.05) is 6.07 Å². The van der Waals surface area contributed by atoms with Crippen LogP contribution in [0.5, 0.6) is 0 Å². The fraction of sp³-hybridized carbons (Fsp3) is 0.188. The number of carbonyl (C=O) groups is 1. The Bertz CT molecular complexity index is 1220. The van der Waals surface area contributed by atoms with Crippen molar-refractivity contribution in [3.8, 4) is 6.07 Å². The van der Waals surface area contributed by atoms with Crippen molar-refractivity contribution >= 4 is 38.7 Å². The van der Waals surface area contributed by atoms with Crippen LogP contribution in [0, 0.1) is 17.2 Å². The molecule has 1 aliphatic rings. The first-order valence-electron chi connectivity index (χ1n) is 7.47. The standard InChI is InChI=1S/C16H10N6O2/c17-3-7-5-22(6-7)16(24)15-20-11-8-1-2-18-14-10(8)9(4-19-14)13(23)12(11)21-15/h1-2,4,7H,5-6H2,(H,18,19)(H,20,21). The SMILES string of the molecule is N#CC1CN(C(=O)c2nc3c([nH]2)c(=O)c2cnc4[nH]ccc3c42)C1. The van der Waals surface area contributed by atoms with Gasteiger partial charge in [-0.05, 0) is 6.07 Å². The van der Waals surface area contributed by atoms with Gasteiger partial charge in [-0.2, -0.15) is 5.26 Å². The highest BCUT2D eigenvalue weighted by Gasteiger charge is 2.33. The molecule has 3 aromatic heterocycles. The van der Waals surface area contributed by atoms with Crippen molar-refractivity contribution in [1.29, 1.82) is 5.26 Å². The lowest BCUT2D eigenvalue weighted by molar-refractivity contribution is 0.0566. The van der Waals surface area contributed by atoms with Gasteiger partial charge in [-0.25, -0.2) is 9.97 Å². The molecule has 0 saturated carbocycles. The molecular weight excluding hydrogens is 308 g/mol. The zero-order chi connectivity index (χ0) is 16.4. The van der Waals surface area contributed by atoms with Crippen LogP contribution in [0.4, 0.5) is 0 Å². The third kappa shape index (κ3) is 1.50. The Morgan fingerprint density at radius 2 is 2.21 bits per heavy atom. The van der Waals surface area contributed by atoms with Crippen molar-refractivity contribution in [3.63, 3.8) is 0 Å². The number of imidazole rings is 1. The van der Waals surface area contributed by atoms with Crippen LogP contribution < -0.4 is 5.43 Å². The highest BCUT2D eigenvalue weighted by Crippen LogP contribution is 2.28. The smallest absolute Gasteiger partial charge is 0.289 e. The first-order chi connectivity index (χ1) is 11.7. The summed E-state index contributed by atoms with van der Waals surface area (Å²) in [7, 11) is 0. The van der Waals surface area contributed by atoms with E-state index in [9.17, 15) is 9.59 Å². The fourth-order valence-electron chi connectivity index (χ4n) is 3.27. The molecule has 4 heterocycles. The minimum Gasteiger partial charge on any atom is -0.346 e. The Morgan fingerprint density at radius 1 is 1.38 bits per heavy atom. The summed E-state index contributed by atoms with van der Waals surface area (Å²) in [5.41, 5.74) is 1.19. The van der Waals surface area contributed by atoms with Crippen molar-refractivity contribution in [2.24, 2.45) is 5.92 Å². The number of amides is 1. The fourth-order valence-corrected chi connectivity index (χ4v) is 3.27. The summed E-state index contributed by atoms with van der Waals surface area (Å²) in [5, 5.41) is 10.8. The summed E-state index contributed by atoms with van der Waals surface area (Å²) in [4.78, 5) is 41.1. The number of benzene rings is 1. The number of aromatic nitrogens is 4. The molecule has 24 heavy (non-hydrogen) atoms. The monoisotopic (exact) mass is 318 g/mol. The molecule has 1 aliphatic heterocycles. The summed E-state index contributed by atoms with van der Waals surface area (Å²) in [6, 6.07) is 3.95. The number of nitrogens with zero attached hydrogens (tertiary/aromatic N) is 4. The van der Waals surface area contributed by atoms with Crippen molar-refractivity contribution < 1.29 is 4.79 Å². The van der Waals surface area contributed by atoms with E-state index in [0.29, 0.717) is 35.2 Å². The number of hydrogen-bond donors (Lipinski definition) is 2. The average molecular weight is 318 g/mol. The van der Waals surface area contributed by atoms with Gasteiger partial charge in [-0.3, -0.25) is 9.59 Å². The van der Waals surface area contributed by atoms with Crippen LogP contribution in [0.3, 0.4) is 0 Å². The van der Waals surface area contributed by atoms with Crippen LogP contribution in [0.25, 0.3) is 32.8 Å². The van der Waals surface area contributed by atoms with Crippen LogP contribution in [0.15, 0.2) is 23.3 Å². The second-order valence-electron chi connectivity index (χ2n) is 5.96. The average Bonchev–Trinajstić information content (AvgIpc) is 3.17. The molecule has 8 nitrogen and oxygen atoms in total. The minimum absolute atomic E-state index is 0.124. The third-order valence-electron chi connectivity index (χ3n) is 4.55. The Hall–Kier alpha value is -3.47. The minimum atomic E-state index is -0.291. The molecule has 1 amide bonds. The van der Waals surface area contributed by atoms with E-state index in [0.717, 1.165) is 10.8 Å². The topological polar surface area (TPSA) is 119 Å². The number of H-pyrrole nitrogens is 2. The zero-order valence-electron chi connectivity index (χ0n) is 12.3. The highest BCUT2D eigenvalue weighted by molar-refractivity contribution is 6.18. The quantitative estimate of drug-likeness (QED) is 0.542. The molecule has 4 aromatic rings. The van der Waals surface area contributed by atoms with Gasteiger partial charge in [0.1, 0.15) is 16.7 Å². The maximum atomic E-state index is 12.7. The van der Waals surface area contributed by atoms with Crippen molar-refractivity contribution in [2.45, 2.75) is 0 Å². The summed E-state index contributed by atoms with van der Waals surface area (Å²) in [6.45, 7) is 0.794. The van der Waals surface area contributed by atoms with E-state index in [4.69, 9.17) is 5.26 Å². The molecule has 116 valence electrons. The lowest BCUT2D eigenvalue weighted by Crippen LogP contribution is -2.49. The van der Waals surface area contributed by atoms with Gasteiger partial charge in [0, 0.05) is 36.3 Å². The van der Waals surface area contributed by atoms with Crippen LogP contribution in [-0.4, -0.2) is 43.8 Å². The largest absolute Gasteiger partial charge is 0.346 e. The van der Waals surface area contributed by atoms with Crippen LogP contribution in [0.2, 0.25) is 0 Å². The molecule has 1 fully saturated rings. The maximum Gasteiger partial charge on any atom is 0.289 e. The number of aromatic amines is 2. The highest BCUT2D eigenvalue weighted by atomic mass is 16.2. The van der Waals surface area contributed by atoms with E-state index >= 15 is 0 Å². The van der Waals surface area contributed by atoms with Crippen LogP contribution >= 0.6 is 0 Å². The number of fused-ring (bicyclic) bond motifs is 2. The summed E-state index contributed by atoms with van der Waals surface area (Å²) in [6.07, 6.45) is 3.27. The van der Waals surface area contributed by atoms with Gasteiger partial charge in [0.05, 0.1) is 17.4 Å². The molecule has 0 spiro atoms. The predicted molar refractivity (Wildman–Crippen MR) is 85.7 cm³/mol. The molecule has 0 aliphatic carbocycles. The first-order valence-corrected chi connectivity index (χ1v) is 7.47. The number of rotatable bonds is 1. The molecule has 0 unspecified atom stereocenters. The van der Waals surface area contributed by atoms with Gasteiger partial charge >= 0.3 is 0 Å². The Balaban J connectivity index is 1.73.